The minimum absolute atomic E-state index is 0.972. The van der Waals surface area contributed by atoms with Crippen LogP contribution in [0.25, 0.3) is 0 Å². The molecule has 0 aliphatic rings. The van der Waals surface area contributed by atoms with E-state index in [4.69, 9.17) is 0 Å². The molecule has 1 aromatic rings. The first-order valence-corrected chi connectivity index (χ1v) is 5.29. The zero-order chi connectivity index (χ0) is 9.68. The Morgan fingerprint density at radius 1 is 1.46 bits per heavy atom. The molecule has 0 radical (unpaired) electrons. The molecule has 0 saturated carbocycles. The van der Waals surface area contributed by atoms with E-state index in [1.54, 1.807) is 0 Å². The summed E-state index contributed by atoms with van der Waals surface area (Å²) in [5.41, 5.74) is 1.25. The van der Waals surface area contributed by atoms with Crippen molar-refractivity contribution >= 4 is 15.9 Å². The van der Waals surface area contributed by atoms with Crippen LogP contribution in [0.4, 0.5) is 0 Å². The van der Waals surface area contributed by atoms with Crippen LogP contribution in [-0.2, 0) is 6.54 Å². The van der Waals surface area contributed by atoms with Gasteiger partial charge in [-0.05, 0) is 47.6 Å². The SMILES string of the molecule is CCCN(C)Cc1cncc(Br)c1. The maximum Gasteiger partial charge on any atom is 0.0410 e. The Kier molecular flexibility index (Phi) is 4.39. The van der Waals surface area contributed by atoms with Gasteiger partial charge in [-0.1, -0.05) is 6.92 Å². The van der Waals surface area contributed by atoms with Crippen LogP contribution in [0.15, 0.2) is 22.9 Å². The molecular weight excluding hydrogens is 228 g/mol. The van der Waals surface area contributed by atoms with Crippen molar-refractivity contribution in [3.8, 4) is 0 Å². The molecule has 13 heavy (non-hydrogen) atoms. The molecule has 0 bridgehead atoms. The van der Waals surface area contributed by atoms with Crippen LogP contribution in [0, 0.1) is 0 Å². The molecule has 1 rings (SSSR count). The molecule has 0 aliphatic heterocycles. The van der Waals surface area contributed by atoms with Crippen molar-refractivity contribution in [2.75, 3.05) is 13.6 Å². The van der Waals surface area contributed by atoms with Gasteiger partial charge in [0.05, 0.1) is 0 Å². The summed E-state index contributed by atoms with van der Waals surface area (Å²) in [5.74, 6) is 0. The van der Waals surface area contributed by atoms with Crippen LogP contribution in [0.2, 0.25) is 0 Å². The lowest BCUT2D eigenvalue weighted by molar-refractivity contribution is 0.327. The second-order valence-electron chi connectivity index (χ2n) is 3.25. The van der Waals surface area contributed by atoms with Crippen molar-refractivity contribution in [2.45, 2.75) is 19.9 Å². The first-order valence-electron chi connectivity index (χ1n) is 4.50. The van der Waals surface area contributed by atoms with Crippen molar-refractivity contribution in [1.29, 1.82) is 0 Å². The summed E-state index contributed by atoms with van der Waals surface area (Å²) in [4.78, 5) is 6.42. The van der Waals surface area contributed by atoms with Crippen molar-refractivity contribution < 1.29 is 0 Å². The standard InChI is InChI=1S/C10H15BrN2/c1-3-4-13(2)8-9-5-10(11)7-12-6-9/h5-7H,3-4,8H2,1-2H3. The fourth-order valence-electron chi connectivity index (χ4n) is 1.31. The van der Waals surface area contributed by atoms with E-state index in [2.05, 4.69) is 45.9 Å². The zero-order valence-electron chi connectivity index (χ0n) is 8.13. The number of hydrogen-bond donors (Lipinski definition) is 0. The monoisotopic (exact) mass is 242 g/mol. The Morgan fingerprint density at radius 3 is 2.85 bits per heavy atom. The van der Waals surface area contributed by atoms with Gasteiger partial charge < -0.3 is 4.90 Å². The molecule has 0 amide bonds. The molecule has 0 aromatic carbocycles. The maximum absolute atomic E-state index is 4.12. The lowest BCUT2D eigenvalue weighted by atomic mass is 10.2. The summed E-state index contributed by atoms with van der Waals surface area (Å²) >= 11 is 3.41. The molecule has 1 heterocycles. The number of aromatic nitrogens is 1. The molecule has 0 spiro atoms. The summed E-state index contributed by atoms with van der Waals surface area (Å²) in [6.45, 7) is 4.29. The maximum atomic E-state index is 4.12. The summed E-state index contributed by atoms with van der Waals surface area (Å²) in [6, 6.07) is 2.11. The Bertz CT molecular complexity index is 263. The summed E-state index contributed by atoms with van der Waals surface area (Å²) in [5, 5.41) is 0. The van der Waals surface area contributed by atoms with Crippen LogP contribution in [-0.4, -0.2) is 23.5 Å². The van der Waals surface area contributed by atoms with E-state index in [1.807, 2.05) is 12.4 Å². The highest BCUT2D eigenvalue weighted by molar-refractivity contribution is 9.10. The molecule has 2 nitrogen and oxygen atoms in total. The number of hydrogen-bond acceptors (Lipinski definition) is 2. The van der Waals surface area contributed by atoms with Gasteiger partial charge in [0.25, 0.3) is 0 Å². The normalized spacial score (nSPS) is 10.8. The van der Waals surface area contributed by atoms with E-state index in [0.29, 0.717) is 0 Å². The van der Waals surface area contributed by atoms with Gasteiger partial charge in [-0.15, -0.1) is 0 Å². The Morgan fingerprint density at radius 2 is 2.23 bits per heavy atom. The Balaban J connectivity index is 2.53. The quantitative estimate of drug-likeness (QED) is 0.808. The van der Waals surface area contributed by atoms with Crippen molar-refractivity contribution in [3.05, 3.63) is 28.5 Å². The minimum Gasteiger partial charge on any atom is -0.302 e. The third-order valence-corrected chi connectivity index (χ3v) is 2.25. The number of halogens is 1. The summed E-state index contributed by atoms with van der Waals surface area (Å²) in [6.07, 6.45) is 4.91. The summed E-state index contributed by atoms with van der Waals surface area (Å²) in [7, 11) is 2.13. The molecule has 0 aliphatic carbocycles. The smallest absolute Gasteiger partial charge is 0.0410 e. The molecule has 0 saturated heterocycles. The van der Waals surface area contributed by atoms with Crippen LogP contribution in [0.5, 0.6) is 0 Å². The van der Waals surface area contributed by atoms with Gasteiger partial charge >= 0.3 is 0 Å². The predicted octanol–water partition coefficient (Wildman–Crippen LogP) is 2.69. The second kappa shape index (κ2) is 5.35. The van der Waals surface area contributed by atoms with Crippen LogP contribution < -0.4 is 0 Å². The minimum atomic E-state index is 0.972. The summed E-state index contributed by atoms with van der Waals surface area (Å²) < 4.78 is 1.05. The highest BCUT2D eigenvalue weighted by atomic mass is 79.9. The Hall–Kier alpha value is -0.410. The van der Waals surface area contributed by atoms with E-state index in [-0.39, 0.29) is 0 Å². The van der Waals surface area contributed by atoms with Crippen molar-refractivity contribution in [3.63, 3.8) is 0 Å². The molecule has 3 heteroatoms. The van der Waals surface area contributed by atoms with Crippen LogP contribution in [0.3, 0.4) is 0 Å². The van der Waals surface area contributed by atoms with E-state index < -0.39 is 0 Å². The number of pyridine rings is 1. The van der Waals surface area contributed by atoms with Gasteiger partial charge in [0.2, 0.25) is 0 Å². The van der Waals surface area contributed by atoms with E-state index in [0.717, 1.165) is 17.6 Å². The topological polar surface area (TPSA) is 16.1 Å². The fourth-order valence-corrected chi connectivity index (χ4v) is 1.73. The van der Waals surface area contributed by atoms with Crippen molar-refractivity contribution in [1.82, 2.24) is 9.88 Å². The van der Waals surface area contributed by atoms with E-state index >= 15 is 0 Å². The van der Waals surface area contributed by atoms with E-state index in [1.165, 1.54) is 12.0 Å². The highest BCUT2D eigenvalue weighted by Crippen LogP contribution is 2.10. The van der Waals surface area contributed by atoms with Gasteiger partial charge in [0.1, 0.15) is 0 Å². The molecule has 72 valence electrons. The molecule has 0 fully saturated rings. The van der Waals surface area contributed by atoms with E-state index in [9.17, 15) is 0 Å². The molecule has 0 N–H and O–H groups in total. The second-order valence-corrected chi connectivity index (χ2v) is 4.16. The highest BCUT2D eigenvalue weighted by Gasteiger charge is 1.99. The average Bonchev–Trinajstić information content (AvgIpc) is 2.04. The lowest BCUT2D eigenvalue weighted by Gasteiger charge is -2.14. The molecular formula is C10H15BrN2. The third kappa shape index (κ3) is 3.87. The number of nitrogens with zero attached hydrogens (tertiary/aromatic N) is 2. The van der Waals surface area contributed by atoms with Gasteiger partial charge in [0.15, 0.2) is 0 Å². The average molecular weight is 243 g/mol. The molecule has 0 atom stereocenters. The largest absolute Gasteiger partial charge is 0.302 e. The Labute approximate surface area is 88.1 Å². The first-order chi connectivity index (χ1) is 6.22. The van der Waals surface area contributed by atoms with Crippen molar-refractivity contribution in [2.24, 2.45) is 0 Å². The molecule has 0 unspecified atom stereocenters. The van der Waals surface area contributed by atoms with Gasteiger partial charge in [-0.2, -0.15) is 0 Å². The zero-order valence-corrected chi connectivity index (χ0v) is 9.71. The lowest BCUT2D eigenvalue weighted by Crippen LogP contribution is -2.18. The first kappa shape index (κ1) is 10.7. The van der Waals surface area contributed by atoms with Gasteiger partial charge in [-0.25, -0.2) is 0 Å². The van der Waals surface area contributed by atoms with Crippen LogP contribution >= 0.6 is 15.9 Å². The van der Waals surface area contributed by atoms with Crippen LogP contribution in [0.1, 0.15) is 18.9 Å². The fraction of sp³-hybridized carbons (Fsp3) is 0.500. The number of rotatable bonds is 4. The molecule has 1 aromatic heterocycles. The van der Waals surface area contributed by atoms with Gasteiger partial charge in [0, 0.05) is 23.4 Å². The predicted molar refractivity (Wildman–Crippen MR) is 58.6 cm³/mol. The van der Waals surface area contributed by atoms with Gasteiger partial charge in [-0.3, -0.25) is 4.98 Å². The third-order valence-electron chi connectivity index (χ3n) is 1.82.